The molecule has 34 heavy (non-hydrogen) atoms. The van der Waals surface area contributed by atoms with Crippen LogP contribution in [-0.2, 0) is 17.8 Å². The number of allylic oxidation sites excluding steroid dienone is 1. The molecule has 0 bridgehead atoms. The van der Waals surface area contributed by atoms with Gasteiger partial charge >= 0.3 is 5.97 Å². The highest BCUT2D eigenvalue weighted by molar-refractivity contribution is 6.07. The highest BCUT2D eigenvalue weighted by Crippen LogP contribution is 2.38. The summed E-state index contributed by atoms with van der Waals surface area (Å²) in [6.07, 6.45) is 3.40. The van der Waals surface area contributed by atoms with E-state index >= 15 is 0 Å². The maximum Gasteiger partial charge on any atom is 0.339 e. The summed E-state index contributed by atoms with van der Waals surface area (Å²) < 4.78 is 5.61. The molecule has 1 heterocycles. The maximum atomic E-state index is 13.3. The number of nitro groups is 1. The lowest BCUT2D eigenvalue weighted by molar-refractivity contribution is -0.384. The van der Waals surface area contributed by atoms with Gasteiger partial charge in [0.05, 0.1) is 21.7 Å². The van der Waals surface area contributed by atoms with Gasteiger partial charge in [-0.25, -0.2) is 9.78 Å². The number of phenolic OH excluding ortho intramolecular Hbond substituents is 1. The van der Waals surface area contributed by atoms with E-state index in [0.29, 0.717) is 23.1 Å². The van der Waals surface area contributed by atoms with Crippen molar-refractivity contribution in [3.05, 3.63) is 111 Å². The van der Waals surface area contributed by atoms with Crippen molar-refractivity contribution in [2.75, 3.05) is 0 Å². The van der Waals surface area contributed by atoms with E-state index in [0.717, 1.165) is 34.2 Å². The number of nitro benzene ring substituents is 1. The lowest BCUT2D eigenvalue weighted by atomic mass is 10.0. The molecular weight excluding hydrogens is 432 g/mol. The first-order chi connectivity index (χ1) is 16.5. The van der Waals surface area contributed by atoms with E-state index < -0.39 is 10.9 Å². The SMILES string of the molecule is O=C(OCc1cccc([N+](=O)[O-])c1)c1c2c(nc3ccccc13)/C(=C/c1ccc(O)cc1)CC2. The molecule has 1 aliphatic rings. The van der Waals surface area contributed by atoms with Gasteiger partial charge in [0, 0.05) is 17.5 Å². The highest BCUT2D eigenvalue weighted by atomic mass is 16.6. The van der Waals surface area contributed by atoms with Crippen LogP contribution in [0.2, 0.25) is 0 Å². The number of hydrogen-bond acceptors (Lipinski definition) is 6. The number of carbonyl (C=O) groups excluding carboxylic acids is 1. The Balaban J connectivity index is 1.51. The Morgan fingerprint density at radius 2 is 1.85 bits per heavy atom. The molecule has 0 amide bonds. The topological polar surface area (TPSA) is 103 Å². The Bertz CT molecular complexity index is 1460. The average molecular weight is 452 g/mol. The van der Waals surface area contributed by atoms with E-state index in [9.17, 15) is 20.0 Å². The fourth-order valence-corrected chi connectivity index (χ4v) is 4.26. The molecule has 1 N–H and O–H groups in total. The smallest absolute Gasteiger partial charge is 0.339 e. The van der Waals surface area contributed by atoms with Crippen LogP contribution in [0.25, 0.3) is 22.6 Å². The molecule has 1 aliphatic carbocycles. The van der Waals surface area contributed by atoms with E-state index in [1.165, 1.54) is 12.1 Å². The van der Waals surface area contributed by atoms with E-state index in [-0.39, 0.29) is 18.0 Å². The number of pyridine rings is 1. The van der Waals surface area contributed by atoms with Crippen molar-refractivity contribution >= 4 is 34.2 Å². The zero-order valence-electron chi connectivity index (χ0n) is 18.1. The lowest BCUT2D eigenvalue weighted by Crippen LogP contribution is -2.10. The highest BCUT2D eigenvalue weighted by Gasteiger charge is 2.27. The predicted molar refractivity (Wildman–Crippen MR) is 128 cm³/mol. The molecule has 0 spiro atoms. The number of fused-ring (bicyclic) bond motifs is 2. The number of esters is 1. The summed E-state index contributed by atoms with van der Waals surface area (Å²) in [6, 6.07) is 20.4. The van der Waals surface area contributed by atoms with Crippen molar-refractivity contribution in [3.63, 3.8) is 0 Å². The average Bonchev–Trinajstić information content (AvgIpc) is 3.24. The standard InChI is InChI=1S/C27H20N2O5/c30-21-11-8-17(9-12-21)14-19-10-13-23-25(22-6-1-2-7-24(22)28-26(19)23)27(31)34-16-18-4-3-5-20(15-18)29(32)33/h1-9,11-12,14-15,30H,10,13,16H2/b19-14+. The first-order valence-corrected chi connectivity index (χ1v) is 10.8. The Morgan fingerprint density at radius 3 is 2.65 bits per heavy atom. The number of carbonyl (C=O) groups is 1. The van der Waals surface area contributed by atoms with Crippen molar-refractivity contribution in [1.29, 1.82) is 0 Å². The molecule has 3 aromatic carbocycles. The monoisotopic (exact) mass is 452 g/mol. The van der Waals surface area contributed by atoms with Gasteiger partial charge in [-0.15, -0.1) is 0 Å². The second kappa shape index (κ2) is 8.78. The summed E-state index contributed by atoms with van der Waals surface area (Å²) in [7, 11) is 0. The lowest BCUT2D eigenvalue weighted by Gasteiger charge is -2.12. The largest absolute Gasteiger partial charge is 0.508 e. The van der Waals surface area contributed by atoms with Crippen LogP contribution in [0.3, 0.4) is 0 Å². The van der Waals surface area contributed by atoms with Crippen LogP contribution in [0.15, 0.2) is 72.8 Å². The second-order valence-electron chi connectivity index (χ2n) is 8.10. The van der Waals surface area contributed by atoms with Crippen molar-refractivity contribution in [1.82, 2.24) is 4.98 Å². The molecule has 7 nitrogen and oxygen atoms in total. The molecule has 1 aromatic heterocycles. The number of hydrogen-bond donors (Lipinski definition) is 1. The van der Waals surface area contributed by atoms with Crippen LogP contribution in [0.1, 0.15) is 39.2 Å². The van der Waals surface area contributed by atoms with Crippen LogP contribution in [0, 0.1) is 10.1 Å². The van der Waals surface area contributed by atoms with Gasteiger partial charge in [0.15, 0.2) is 0 Å². The molecule has 7 heteroatoms. The molecular formula is C27H20N2O5. The van der Waals surface area contributed by atoms with Crippen molar-refractivity contribution < 1.29 is 19.6 Å². The minimum Gasteiger partial charge on any atom is -0.508 e. The fourth-order valence-electron chi connectivity index (χ4n) is 4.26. The van der Waals surface area contributed by atoms with E-state index in [4.69, 9.17) is 9.72 Å². The number of aromatic nitrogens is 1. The molecule has 0 saturated carbocycles. The number of para-hydroxylation sites is 1. The number of non-ortho nitro benzene ring substituents is 1. The molecule has 4 aromatic rings. The normalized spacial score (nSPS) is 13.7. The van der Waals surface area contributed by atoms with Gasteiger partial charge < -0.3 is 9.84 Å². The Kier molecular flexibility index (Phi) is 5.51. The molecule has 0 aliphatic heterocycles. The van der Waals surface area contributed by atoms with Gasteiger partial charge in [0.25, 0.3) is 5.69 Å². The van der Waals surface area contributed by atoms with Gasteiger partial charge in [-0.1, -0.05) is 42.5 Å². The summed E-state index contributed by atoms with van der Waals surface area (Å²) in [5.74, 6) is -0.279. The molecule has 0 radical (unpaired) electrons. The van der Waals surface area contributed by atoms with Crippen LogP contribution in [0.4, 0.5) is 5.69 Å². The minimum atomic E-state index is -0.479. The van der Waals surface area contributed by atoms with Crippen molar-refractivity contribution in [2.45, 2.75) is 19.4 Å². The summed E-state index contributed by atoms with van der Waals surface area (Å²) in [5.41, 5.74) is 5.24. The summed E-state index contributed by atoms with van der Waals surface area (Å²) >= 11 is 0. The third-order valence-corrected chi connectivity index (χ3v) is 5.87. The first-order valence-electron chi connectivity index (χ1n) is 10.8. The quantitative estimate of drug-likeness (QED) is 0.237. The third kappa shape index (κ3) is 4.11. The van der Waals surface area contributed by atoms with Gasteiger partial charge in [-0.2, -0.15) is 0 Å². The van der Waals surface area contributed by atoms with Gasteiger partial charge in [0.2, 0.25) is 0 Å². The number of rotatable bonds is 5. The molecule has 168 valence electrons. The van der Waals surface area contributed by atoms with E-state index in [1.54, 1.807) is 24.3 Å². The summed E-state index contributed by atoms with van der Waals surface area (Å²) in [4.78, 5) is 28.7. The van der Waals surface area contributed by atoms with Crippen LogP contribution in [0.5, 0.6) is 5.75 Å². The Hall–Kier alpha value is -4.52. The summed E-state index contributed by atoms with van der Waals surface area (Å²) in [5, 5.41) is 21.3. The molecule has 0 atom stereocenters. The second-order valence-corrected chi connectivity index (χ2v) is 8.10. The Morgan fingerprint density at radius 1 is 1.06 bits per heavy atom. The van der Waals surface area contributed by atoms with Gasteiger partial charge in [-0.05, 0) is 59.4 Å². The zero-order valence-corrected chi connectivity index (χ0v) is 18.1. The molecule has 5 rings (SSSR count). The minimum absolute atomic E-state index is 0.0483. The fraction of sp³-hybridized carbons (Fsp3) is 0.111. The first kappa shape index (κ1) is 21.3. The molecule has 0 unspecified atom stereocenters. The maximum absolute atomic E-state index is 13.3. The van der Waals surface area contributed by atoms with E-state index in [1.807, 2.05) is 42.5 Å². The van der Waals surface area contributed by atoms with E-state index in [2.05, 4.69) is 0 Å². The van der Waals surface area contributed by atoms with Gasteiger partial charge in [-0.3, -0.25) is 10.1 Å². The van der Waals surface area contributed by atoms with Crippen molar-refractivity contribution in [3.8, 4) is 5.75 Å². The predicted octanol–water partition coefficient (Wildman–Crippen LogP) is 5.69. The number of nitrogens with zero attached hydrogens (tertiary/aromatic N) is 2. The number of aromatic hydroxyl groups is 1. The number of ether oxygens (including phenoxy) is 1. The van der Waals surface area contributed by atoms with Gasteiger partial charge in [0.1, 0.15) is 12.4 Å². The van der Waals surface area contributed by atoms with Crippen LogP contribution < -0.4 is 0 Å². The summed E-state index contributed by atoms with van der Waals surface area (Å²) in [6.45, 7) is -0.0673. The molecule has 0 fully saturated rings. The van der Waals surface area contributed by atoms with Crippen molar-refractivity contribution in [2.24, 2.45) is 0 Å². The van der Waals surface area contributed by atoms with Crippen LogP contribution in [-0.4, -0.2) is 21.0 Å². The number of benzene rings is 3. The van der Waals surface area contributed by atoms with Crippen LogP contribution >= 0.6 is 0 Å². The third-order valence-electron chi connectivity index (χ3n) is 5.87. The molecule has 0 saturated heterocycles. The Labute approximate surface area is 195 Å². The number of phenols is 1. The zero-order chi connectivity index (χ0) is 23.7.